The Morgan fingerprint density at radius 3 is 2.69 bits per heavy atom. The van der Waals surface area contributed by atoms with E-state index >= 15 is 0 Å². The normalized spacial score (nSPS) is 14.6. The number of aromatic nitrogens is 1. The number of benzene rings is 1. The maximum absolute atomic E-state index is 12.3. The summed E-state index contributed by atoms with van der Waals surface area (Å²) in [6.45, 7) is 3.53. The molecule has 0 aliphatic heterocycles. The first-order valence-corrected chi connectivity index (χ1v) is 9.48. The number of thiazole rings is 1. The lowest BCUT2D eigenvalue weighted by Crippen LogP contribution is -2.37. The fourth-order valence-corrected chi connectivity index (χ4v) is 3.18. The third kappa shape index (κ3) is 4.95. The zero-order chi connectivity index (χ0) is 18.7. The average molecular weight is 395 g/mol. The molecule has 1 aromatic heterocycles. The number of nitrogens with zero attached hydrogens (tertiary/aromatic N) is 1. The highest BCUT2D eigenvalue weighted by Gasteiger charge is 2.28. The van der Waals surface area contributed by atoms with Crippen molar-refractivity contribution >= 4 is 34.8 Å². The van der Waals surface area contributed by atoms with Crippen molar-refractivity contribution in [1.82, 2.24) is 10.3 Å². The highest BCUT2D eigenvalue weighted by Crippen LogP contribution is 2.23. The van der Waals surface area contributed by atoms with Gasteiger partial charge in [-0.15, -0.1) is 11.3 Å². The van der Waals surface area contributed by atoms with Gasteiger partial charge in [0.15, 0.2) is 6.10 Å². The number of aryl methyl sites for hydroxylation is 1. The number of rotatable bonds is 7. The topological polar surface area (TPSA) is 77.5 Å². The molecule has 1 saturated carbocycles. The summed E-state index contributed by atoms with van der Waals surface area (Å²) in [7, 11) is 0. The second kappa shape index (κ2) is 8.05. The summed E-state index contributed by atoms with van der Waals surface area (Å²) in [6, 6.07) is 7.23. The summed E-state index contributed by atoms with van der Waals surface area (Å²) < 4.78 is 10.9. The number of esters is 1. The number of nitrogens with one attached hydrogen (secondary N) is 1. The molecule has 1 atom stereocenters. The van der Waals surface area contributed by atoms with Crippen molar-refractivity contribution in [3.63, 3.8) is 0 Å². The Morgan fingerprint density at radius 1 is 1.35 bits per heavy atom. The molecule has 26 heavy (non-hydrogen) atoms. The SMILES string of the molecule is Cc1nc(COc2ccc(Cl)cc2)sc1C(=O)O[C@@H](C)C(=O)NC1CC1. The van der Waals surface area contributed by atoms with Crippen LogP contribution in [0.2, 0.25) is 5.02 Å². The molecule has 8 heteroatoms. The van der Waals surface area contributed by atoms with Crippen LogP contribution in [0.1, 0.15) is 40.1 Å². The van der Waals surface area contributed by atoms with Crippen molar-refractivity contribution < 1.29 is 19.1 Å². The average Bonchev–Trinajstić information content (AvgIpc) is 3.34. The van der Waals surface area contributed by atoms with E-state index in [2.05, 4.69) is 10.3 Å². The molecular weight excluding hydrogens is 376 g/mol. The summed E-state index contributed by atoms with van der Waals surface area (Å²) in [4.78, 5) is 28.9. The van der Waals surface area contributed by atoms with E-state index in [0.717, 1.165) is 12.8 Å². The number of amides is 1. The molecule has 1 aromatic carbocycles. The molecule has 1 N–H and O–H groups in total. The second-order valence-electron chi connectivity index (χ2n) is 6.10. The van der Waals surface area contributed by atoms with Crippen LogP contribution in [0.15, 0.2) is 24.3 Å². The molecule has 1 aliphatic rings. The van der Waals surface area contributed by atoms with Gasteiger partial charge in [-0.1, -0.05) is 11.6 Å². The maximum Gasteiger partial charge on any atom is 0.351 e. The van der Waals surface area contributed by atoms with Gasteiger partial charge in [0.25, 0.3) is 5.91 Å². The molecule has 0 unspecified atom stereocenters. The van der Waals surface area contributed by atoms with Gasteiger partial charge < -0.3 is 14.8 Å². The lowest BCUT2D eigenvalue weighted by Gasteiger charge is -2.12. The van der Waals surface area contributed by atoms with Crippen LogP contribution >= 0.6 is 22.9 Å². The van der Waals surface area contributed by atoms with Crippen LogP contribution in [0, 0.1) is 6.92 Å². The summed E-state index contributed by atoms with van der Waals surface area (Å²) >= 11 is 7.04. The van der Waals surface area contributed by atoms with Crippen LogP contribution in [0.4, 0.5) is 0 Å². The summed E-state index contributed by atoms with van der Waals surface area (Å²) in [5.74, 6) is -0.151. The number of carbonyl (C=O) groups is 2. The van der Waals surface area contributed by atoms with Gasteiger partial charge in [-0.2, -0.15) is 0 Å². The molecule has 0 spiro atoms. The lowest BCUT2D eigenvalue weighted by molar-refractivity contribution is -0.129. The molecule has 0 bridgehead atoms. The molecule has 2 aromatic rings. The van der Waals surface area contributed by atoms with Crippen LogP contribution in [0.3, 0.4) is 0 Å². The highest BCUT2D eigenvalue weighted by molar-refractivity contribution is 7.13. The third-order valence-electron chi connectivity index (χ3n) is 3.78. The predicted octanol–water partition coefficient (Wildman–Crippen LogP) is 3.51. The van der Waals surface area contributed by atoms with E-state index in [9.17, 15) is 9.59 Å². The quantitative estimate of drug-likeness (QED) is 0.727. The van der Waals surface area contributed by atoms with Crippen LogP contribution in [0.5, 0.6) is 5.75 Å². The fourth-order valence-electron chi connectivity index (χ4n) is 2.19. The van der Waals surface area contributed by atoms with Crippen LogP contribution in [-0.2, 0) is 16.1 Å². The zero-order valence-electron chi connectivity index (χ0n) is 14.5. The molecule has 0 saturated heterocycles. The first-order valence-electron chi connectivity index (χ1n) is 8.28. The standard InChI is InChI=1S/C18H19ClN2O4S/c1-10-16(18(23)25-11(2)17(22)21-13-5-6-13)26-15(20-10)9-24-14-7-3-12(19)4-8-14/h3-4,7-8,11,13H,5-6,9H2,1-2H3,(H,21,22)/t11-/m0/s1. The monoisotopic (exact) mass is 394 g/mol. The van der Waals surface area contributed by atoms with E-state index in [1.54, 1.807) is 38.1 Å². The Morgan fingerprint density at radius 2 is 2.04 bits per heavy atom. The van der Waals surface area contributed by atoms with Gasteiger partial charge in [0.2, 0.25) is 0 Å². The van der Waals surface area contributed by atoms with E-state index in [1.165, 1.54) is 11.3 Å². The van der Waals surface area contributed by atoms with Crippen molar-refractivity contribution in [2.75, 3.05) is 0 Å². The van der Waals surface area contributed by atoms with E-state index in [4.69, 9.17) is 21.1 Å². The summed E-state index contributed by atoms with van der Waals surface area (Å²) in [5.41, 5.74) is 0.560. The molecule has 6 nitrogen and oxygen atoms in total. The van der Waals surface area contributed by atoms with E-state index in [0.29, 0.717) is 26.4 Å². The molecule has 0 radical (unpaired) electrons. The number of hydrogen-bond donors (Lipinski definition) is 1. The lowest BCUT2D eigenvalue weighted by atomic mass is 10.3. The molecule has 1 heterocycles. The Balaban J connectivity index is 1.56. The van der Waals surface area contributed by atoms with Gasteiger partial charge >= 0.3 is 5.97 Å². The zero-order valence-corrected chi connectivity index (χ0v) is 16.0. The number of hydrogen-bond acceptors (Lipinski definition) is 6. The highest BCUT2D eigenvalue weighted by atomic mass is 35.5. The van der Waals surface area contributed by atoms with Crippen molar-refractivity contribution in [1.29, 1.82) is 0 Å². The van der Waals surface area contributed by atoms with Crippen LogP contribution in [-0.4, -0.2) is 29.0 Å². The van der Waals surface area contributed by atoms with Gasteiger partial charge in [-0.05, 0) is 51.0 Å². The van der Waals surface area contributed by atoms with Crippen molar-refractivity contribution in [3.8, 4) is 5.75 Å². The van der Waals surface area contributed by atoms with Crippen molar-refractivity contribution in [2.45, 2.75) is 45.4 Å². The maximum atomic E-state index is 12.3. The predicted molar refractivity (Wildman–Crippen MR) is 98.7 cm³/mol. The number of carbonyl (C=O) groups excluding carboxylic acids is 2. The fraction of sp³-hybridized carbons (Fsp3) is 0.389. The van der Waals surface area contributed by atoms with Crippen LogP contribution in [0.25, 0.3) is 0 Å². The molecule has 1 fully saturated rings. The third-order valence-corrected chi connectivity index (χ3v) is 5.14. The summed E-state index contributed by atoms with van der Waals surface area (Å²) in [5, 5.41) is 4.10. The number of halogens is 1. The van der Waals surface area contributed by atoms with Gasteiger partial charge in [0.1, 0.15) is 22.2 Å². The summed E-state index contributed by atoms with van der Waals surface area (Å²) in [6.07, 6.45) is 1.13. The largest absolute Gasteiger partial charge is 0.486 e. The van der Waals surface area contributed by atoms with Gasteiger partial charge in [-0.25, -0.2) is 9.78 Å². The minimum Gasteiger partial charge on any atom is -0.486 e. The van der Waals surface area contributed by atoms with E-state index < -0.39 is 12.1 Å². The Labute approximate surface area is 160 Å². The van der Waals surface area contributed by atoms with Crippen LogP contribution < -0.4 is 10.1 Å². The molecular formula is C18H19ClN2O4S. The van der Waals surface area contributed by atoms with Gasteiger partial charge in [0.05, 0.1) is 5.69 Å². The minimum absolute atomic E-state index is 0.227. The molecule has 3 rings (SSSR count). The van der Waals surface area contributed by atoms with E-state index in [1.807, 2.05) is 0 Å². The van der Waals surface area contributed by atoms with Gasteiger partial charge in [-0.3, -0.25) is 4.79 Å². The number of ether oxygens (including phenoxy) is 2. The van der Waals surface area contributed by atoms with Crippen molar-refractivity contribution in [3.05, 3.63) is 44.9 Å². The smallest absolute Gasteiger partial charge is 0.351 e. The Hall–Kier alpha value is -2.12. The molecule has 1 amide bonds. The Kier molecular flexibility index (Phi) is 5.78. The first-order chi connectivity index (χ1) is 12.4. The molecule has 138 valence electrons. The molecule has 1 aliphatic carbocycles. The minimum atomic E-state index is -0.835. The Bertz CT molecular complexity index is 802. The first kappa shape index (κ1) is 18.7. The second-order valence-corrected chi connectivity index (χ2v) is 7.62. The van der Waals surface area contributed by atoms with Gasteiger partial charge in [0, 0.05) is 11.1 Å². The van der Waals surface area contributed by atoms with Crippen molar-refractivity contribution in [2.24, 2.45) is 0 Å². The van der Waals surface area contributed by atoms with E-state index in [-0.39, 0.29) is 18.6 Å².